The number of hydrogen-bond acceptors (Lipinski definition) is 3. The Hall–Kier alpha value is -1.65. The first-order chi connectivity index (χ1) is 8.81. The highest BCUT2D eigenvalue weighted by Gasteiger charge is 2.04. The standard InChI is InChI=1S/C14H19N3O/c1-12(11-18)9-15-10-13-5-2-3-6-14(13)17-8-4-7-16-17/h2-8,12,15,18H,9-11H2,1H3. The molecule has 18 heavy (non-hydrogen) atoms. The van der Waals surface area contributed by atoms with Crippen LogP contribution in [0, 0.1) is 5.92 Å². The summed E-state index contributed by atoms with van der Waals surface area (Å²) < 4.78 is 1.87. The Morgan fingerprint density at radius 1 is 1.33 bits per heavy atom. The molecule has 0 aliphatic rings. The predicted molar refractivity (Wildman–Crippen MR) is 71.5 cm³/mol. The van der Waals surface area contributed by atoms with Crippen molar-refractivity contribution >= 4 is 0 Å². The van der Waals surface area contributed by atoms with E-state index in [1.54, 1.807) is 6.20 Å². The molecule has 0 aliphatic heterocycles. The van der Waals surface area contributed by atoms with E-state index in [4.69, 9.17) is 5.11 Å². The molecule has 1 aromatic carbocycles. The van der Waals surface area contributed by atoms with Gasteiger partial charge < -0.3 is 10.4 Å². The molecule has 0 aliphatic carbocycles. The molecule has 4 nitrogen and oxygen atoms in total. The predicted octanol–water partition coefficient (Wildman–Crippen LogP) is 1.59. The maximum atomic E-state index is 8.98. The normalized spacial score (nSPS) is 12.6. The number of rotatable bonds is 6. The summed E-state index contributed by atoms with van der Waals surface area (Å²) in [5.41, 5.74) is 2.29. The van der Waals surface area contributed by atoms with Crippen LogP contribution in [-0.4, -0.2) is 28.0 Å². The van der Waals surface area contributed by atoms with E-state index in [0.717, 1.165) is 18.8 Å². The number of hydrogen-bond donors (Lipinski definition) is 2. The zero-order valence-electron chi connectivity index (χ0n) is 10.6. The number of nitrogens with zero attached hydrogens (tertiary/aromatic N) is 2. The molecule has 0 radical (unpaired) electrons. The third-order valence-corrected chi connectivity index (χ3v) is 2.86. The van der Waals surface area contributed by atoms with Gasteiger partial charge in [0, 0.05) is 32.1 Å². The second-order valence-electron chi connectivity index (χ2n) is 4.50. The molecule has 4 heteroatoms. The number of aliphatic hydroxyl groups excluding tert-OH is 1. The molecule has 0 bridgehead atoms. The molecule has 0 spiro atoms. The Labute approximate surface area is 107 Å². The van der Waals surface area contributed by atoms with Gasteiger partial charge in [0.15, 0.2) is 0 Å². The molecule has 1 unspecified atom stereocenters. The first-order valence-corrected chi connectivity index (χ1v) is 6.20. The minimum Gasteiger partial charge on any atom is -0.396 e. The molecule has 1 aromatic heterocycles. The highest BCUT2D eigenvalue weighted by molar-refractivity contribution is 5.40. The van der Waals surface area contributed by atoms with E-state index < -0.39 is 0 Å². The number of aromatic nitrogens is 2. The third kappa shape index (κ3) is 3.18. The van der Waals surface area contributed by atoms with Gasteiger partial charge in [-0.1, -0.05) is 25.1 Å². The Balaban J connectivity index is 2.04. The van der Waals surface area contributed by atoms with Gasteiger partial charge in [-0.05, 0) is 23.6 Å². The Morgan fingerprint density at radius 2 is 2.17 bits per heavy atom. The number of nitrogens with one attached hydrogen (secondary N) is 1. The minimum atomic E-state index is 0.216. The van der Waals surface area contributed by atoms with Crippen molar-refractivity contribution in [1.82, 2.24) is 15.1 Å². The average molecular weight is 245 g/mol. The molecule has 2 aromatic rings. The average Bonchev–Trinajstić information content (AvgIpc) is 2.93. The fourth-order valence-electron chi connectivity index (χ4n) is 1.81. The van der Waals surface area contributed by atoms with Crippen molar-refractivity contribution in [2.45, 2.75) is 13.5 Å². The topological polar surface area (TPSA) is 50.1 Å². The van der Waals surface area contributed by atoms with Crippen molar-refractivity contribution in [3.05, 3.63) is 48.3 Å². The molecule has 0 amide bonds. The second-order valence-corrected chi connectivity index (χ2v) is 4.50. The number of benzene rings is 1. The first-order valence-electron chi connectivity index (χ1n) is 6.20. The summed E-state index contributed by atoms with van der Waals surface area (Å²) in [5, 5.41) is 16.6. The van der Waals surface area contributed by atoms with Crippen LogP contribution >= 0.6 is 0 Å². The fraction of sp³-hybridized carbons (Fsp3) is 0.357. The van der Waals surface area contributed by atoms with Crippen LogP contribution in [0.5, 0.6) is 0 Å². The van der Waals surface area contributed by atoms with Crippen molar-refractivity contribution in [2.24, 2.45) is 5.92 Å². The van der Waals surface area contributed by atoms with Gasteiger partial charge in [0.1, 0.15) is 0 Å². The summed E-state index contributed by atoms with van der Waals surface area (Å²) in [4.78, 5) is 0. The Bertz CT molecular complexity index is 468. The molecule has 2 N–H and O–H groups in total. The van der Waals surface area contributed by atoms with Crippen molar-refractivity contribution < 1.29 is 5.11 Å². The van der Waals surface area contributed by atoms with Gasteiger partial charge in [-0.2, -0.15) is 5.10 Å². The van der Waals surface area contributed by atoms with Gasteiger partial charge in [-0.25, -0.2) is 4.68 Å². The molecule has 1 atom stereocenters. The molecule has 96 valence electrons. The van der Waals surface area contributed by atoms with Crippen molar-refractivity contribution in [2.75, 3.05) is 13.2 Å². The van der Waals surface area contributed by atoms with Gasteiger partial charge in [0.2, 0.25) is 0 Å². The summed E-state index contributed by atoms with van der Waals surface area (Å²) in [5.74, 6) is 0.280. The number of para-hydroxylation sites is 1. The smallest absolute Gasteiger partial charge is 0.0690 e. The zero-order chi connectivity index (χ0) is 12.8. The summed E-state index contributed by atoms with van der Waals surface area (Å²) in [6.45, 7) is 3.82. The van der Waals surface area contributed by atoms with Crippen LogP contribution in [0.3, 0.4) is 0 Å². The lowest BCUT2D eigenvalue weighted by atomic mass is 10.1. The van der Waals surface area contributed by atoms with Crippen LogP contribution in [0.1, 0.15) is 12.5 Å². The Morgan fingerprint density at radius 3 is 2.89 bits per heavy atom. The fourth-order valence-corrected chi connectivity index (χ4v) is 1.81. The molecule has 2 rings (SSSR count). The molecular weight excluding hydrogens is 226 g/mol. The summed E-state index contributed by atoms with van der Waals surface area (Å²) >= 11 is 0. The van der Waals surface area contributed by atoms with Gasteiger partial charge in [-0.3, -0.25) is 0 Å². The van der Waals surface area contributed by atoms with Crippen molar-refractivity contribution in [3.8, 4) is 5.69 Å². The van der Waals surface area contributed by atoms with E-state index in [1.807, 2.05) is 36.0 Å². The largest absolute Gasteiger partial charge is 0.396 e. The molecule has 1 heterocycles. The van der Waals surface area contributed by atoms with E-state index in [-0.39, 0.29) is 12.5 Å². The molecule has 0 fully saturated rings. The zero-order valence-corrected chi connectivity index (χ0v) is 10.6. The van der Waals surface area contributed by atoms with Gasteiger partial charge in [0.25, 0.3) is 0 Å². The summed E-state index contributed by atoms with van der Waals surface area (Å²) in [6.07, 6.45) is 3.72. The monoisotopic (exact) mass is 245 g/mol. The van der Waals surface area contributed by atoms with Gasteiger partial charge in [-0.15, -0.1) is 0 Å². The second kappa shape index (κ2) is 6.33. The molecule has 0 saturated heterocycles. The quantitative estimate of drug-likeness (QED) is 0.812. The van der Waals surface area contributed by atoms with Gasteiger partial charge >= 0.3 is 0 Å². The van der Waals surface area contributed by atoms with Crippen LogP contribution in [0.2, 0.25) is 0 Å². The van der Waals surface area contributed by atoms with E-state index in [1.165, 1.54) is 5.56 Å². The van der Waals surface area contributed by atoms with E-state index in [0.29, 0.717) is 0 Å². The van der Waals surface area contributed by atoms with Crippen LogP contribution in [0.4, 0.5) is 0 Å². The van der Waals surface area contributed by atoms with E-state index in [2.05, 4.69) is 22.5 Å². The van der Waals surface area contributed by atoms with Crippen molar-refractivity contribution in [3.63, 3.8) is 0 Å². The lowest BCUT2D eigenvalue weighted by Crippen LogP contribution is -2.23. The first kappa shape index (κ1) is 12.8. The maximum Gasteiger partial charge on any atom is 0.0690 e. The van der Waals surface area contributed by atoms with E-state index in [9.17, 15) is 0 Å². The summed E-state index contributed by atoms with van der Waals surface area (Å²) in [6, 6.07) is 10.1. The lowest BCUT2D eigenvalue weighted by molar-refractivity contribution is 0.233. The number of aliphatic hydroxyl groups is 1. The third-order valence-electron chi connectivity index (χ3n) is 2.86. The maximum absolute atomic E-state index is 8.98. The van der Waals surface area contributed by atoms with Crippen molar-refractivity contribution in [1.29, 1.82) is 0 Å². The Kier molecular flexibility index (Phi) is 4.50. The van der Waals surface area contributed by atoms with Crippen LogP contribution < -0.4 is 5.32 Å². The van der Waals surface area contributed by atoms with Crippen LogP contribution in [0.15, 0.2) is 42.7 Å². The summed E-state index contributed by atoms with van der Waals surface area (Å²) in [7, 11) is 0. The minimum absolute atomic E-state index is 0.216. The molecular formula is C14H19N3O. The van der Waals surface area contributed by atoms with Crippen LogP contribution in [0.25, 0.3) is 5.69 Å². The SMILES string of the molecule is CC(CO)CNCc1ccccc1-n1cccn1. The molecule has 0 saturated carbocycles. The van der Waals surface area contributed by atoms with Gasteiger partial charge in [0.05, 0.1) is 5.69 Å². The van der Waals surface area contributed by atoms with Crippen LogP contribution in [-0.2, 0) is 6.54 Å². The van der Waals surface area contributed by atoms with E-state index >= 15 is 0 Å². The lowest BCUT2D eigenvalue weighted by Gasteiger charge is -2.12. The highest BCUT2D eigenvalue weighted by Crippen LogP contribution is 2.13. The highest BCUT2D eigenvalue weighted by atomic mass is 16.3.